The highest BCUT2D eigenvalue weighted by Gasteiger charge is 2.16. The molecule has 140 valence electrons. The predicted octanol–water partition coefficient (Wildman–Crippen LogP) is 3.63. The summed E-state index contributed by atoms with van der Waals surface area (Å²) in [5.41, 5.74) is 2.62. The largest absolute Gasteiger partial charge is 0.313 e. The molecule has 6 heteroatoms. The lowest BCUT2D eigenvalue weighted by molar-refractivity contribution is 0.530. The van der Waals surface area contributed by atoms with E-state index in [9.17, 15) is 4.79 Å². The van der Waals surface area contributed by atoms with Crippen LogP contribution in [0.4, 0.5) is 0 Å². The Labute approximate surface area is 158 Å². The van der Waals surface area contributed by atoms with Gasteiger partial charge < -0.3 is 4.57 Å². The lowest BCUT2D eigenvalue weighted by Gasteiger charge is -2.07. The van der Waals surface area contributed by atoms with Crippen LogP contribution in [0.3, 0.4) is 0 Å². The Balaban J connectivity index is 1.52. The first-order valence-corrected chi connectivity index (χ1v) is 9.81. The van der Waals surface area contributed by atoms with Gasteiger partial charge in [0.1, 0.15) is 5.82 Å². The Morgan fingerprint density at radius 2 is 1.89 bits per heavy atom. The molecule has 0 spiro atoms. The van der Waals surface area contributed by atoms with E-state index >= 15 is 0 Å². The minimum Gasteiger partial charge on any atom is -0.313 e. The molecule has 0 atom stereocenters. The number of aryl methyl sites for hydroxylation is 1. The smallest absolute Gasteiger partial charge is 0.250 e. The molecule has 0 N–H and O–H groups in total. The third-order valence-electron chi connectivity index (χ3n) is 5.23. The van der Waals surface area contributed by atoms with Crippen LogP contribution < -0.4 is 5.56 Å². The first kappa shape index (κ1) is 17.6. The molecular weight excluding hydrogens is 338 g/mol. The highest BCUT2D eigenvalue weighted by atomic mass is 16.1. The molecule has 0 saturated heterocycles. The van der Waals surface area contributed by atoms with Crippen molar-refractivity contribution in [3.8, 4) is 16.9 Å². The molecule has 3 aromatic rings. The average molecular weight is 363 g/mol. The zero-order valence-electron chi connectivity index (χ0n) is 15.7. The lowest BCUT2D eigenvalue weighted by atomic mass is 10.0. The van der Waals surface area contributed by atoms with Gasteiger partial charge in [0, 0.05) is 49.4 Å². The van der Waals surface area contributed by atoms with Crippen LogP contribution in [-0.4, -0.2) is 24.3 Å². The van der Waals surface area contributed by atoms with E-state index in [0.717, 1.165) is 41.5 Å². The Morgan fingerprint density at radius 3 is 2.63 bits per heavy atom. The topological polar surface area (TPSA) is 65.6 Å². The summed E-state index contributed by atoms with van der Waals surface area (Å²) in [6.45, 7) is 2.76. The fraction of sp³-hybridized carbons (Fsp3) is 0.429. The van der Waals surface area contributed by atoms with Crippen LogP contribution in [0.5, 0.6) is 0 Å². The van der Waals surface area contributed by atoms with Gasteiger partial charge in [-0.2, -0.15) is 5.10 Å². The Bertz CT molecular complexity index is 951. The summed E-state index contributed by atoms with van der Waals surface area (Å²) >= 11 is 0. The van der Waals surface area contributed by atoms with E-state index in [0.29, 0.717) is 6.54 Å². The zero-order valence-corrected chi connectivity index (χ0v) is 15.7. The monoisotopic (exact) mass is 363 g/mol. The first-order valence-electron chi connectivity index (χ1n) is 9.81. The molecule has 1 fully saturated rings. The number of pyridine rings is 1. The molecular formula is C21H25N5O. The molecule has 3 aromatic heterocycles. The van der Waals surface area contributed by atoms with Crippen molar-refractivity contribution in [3.63, 3.8) is 0 Å². The second-order valence-electron chi connectivity index (χ2n) is 7.31. The Kier molecular flexibility index (Phi) is 5.14. The highest BCUT2D eigenvalue weighted by Crippen LogP contribution is 2.27. The molecule has 0 bridgehead atoms. The molecule has 0 amide bonds. The van der Waals surface area contributed by atoms with Gasteiger partial charge >= 0.3 is 0 Å². The van der Waals surface area contributed by atoms with Crippen molar-refractivity contribution in [2.45, 2.75) is 52.0 Å². The lowest BCUT2D eigenvalue weighted by Crippen LogP contribution is -2.19. The maximum Gasteiger partial charge on any atom is 0.250 e. The van der Waals surface area contributed by atoms with Crippen LogP contribution in [0.15, 0.2) is 47.8 Å². The van der Waals surface area contributed by atoms with E-state index in [-0.39, 0.29) is 5.56 Å². The quantitative estimate of drug-likeness (QED) is 0.671. The molecule has 3 heterocycles. The fourth-order valence-corrected chi connectivity index (χ4v) is 3.76. The second-order valence-corrected chi connectivity index (χ2v) is 7.31. The van der Waals surface area contributed by atoms with Gasteiger partial charge in [0.15, 0.2) is 0 Å². The van der Waals surface area contributed by atoms with Crippen molar-refractivity contribution in [1.82, 2.24) is 24.3 Å². The number of hydrogen-bond donors (Lipinski definition) is 0. The van der Waals surface area contributed by atoms with Crippen molar-refractivity contribution in [2.24, 2.45) is 5.92 Å². The Hall–Kier alpha value is -2.76. The van der Waals surface area contributed by atoms with Gasteiger partial charge in [-0.1, -0.05) is 32.6 Å². The van der Waals surface area contributed by atoms with Gasteiger partial charge in [-0.3, -0.25) is 4.79 Å². The number of nitrogens with zero attached hydrogens (tertiary/aromatic N) is 5. The fourth-order valence-electron chi connectivity index (χ4n) is 3.76. The molecule has 1 saturated carbocycles. The van der Waals surface area contributed by atoms with Crippen LogP contribution in [-0.2, 0) is 13.0 Å². The average Bonchev–Trinajstić information content (AvgIpc) is 3.37. The van der Waals surface area contributed by atoms with Gasteiger partial charge in [-0.05, 0) is 24.5 Å². The van der Waals surface area contributed by atoms with Crippen LogP contribution in [0.1, 0.15) is 44.9 Å². The SMILES string of the molecule is CCCn1cc(-n2ccc(-c3cnc(CC4CCCC4)nc3)n2)ccc1=O. The van der Waals surface area contributed by atoms with E-state index in [2.05, 4.69) is 22.0 Å². The van der Waals surface area contributed by atoms with E-state index in [1.165, 1.54) is 25.7 Å². The van der Waals surface area contributed by atoms with Gasteiger partial charge in [0.2, 0.25) is 0 Å². The zero-order chi connectivity index (χ0) is 18.6. The molecule has 1 aliphatic rings. The normalized spacial score (nSPS) is 14.7. The molecule has 4 rings (SSSR count). The van der Waals surface area contributed by atoms with Gasteiger partial charge in [-0.15, -0.1) is 0 Å². The number of rotatable bonds is 6. The third kappa shape index (κ3) is 3.99. The van der Waals surface area contributed by atoms with E-state index < -0.39 is 0 Å². The summed E-state index contributed by atoms with van der Waals surface area (Å²) in [6.07, 6.45) is 14.7. The predicted molar refractivity (Wildman–Crippen MR) is 105 cm³/mol. The maximum atomic E-state index is 11.9. The van der Waals surface area contributed by atoms with Crippen LogP contribution in [0.2, 0.25) is 0 Å². The molecule has 0 aliphatic heterocycles. The molecule has 27 heavy (non-hydrogen) atoms. The molecule has 1 aliphatic carbocycles. The van der Waals surface area contributed by atoms with Crippen molar-refractivity contribution in [1.29, 1.82) is 0 Å². The van der Waals surface area contributed by atoms with Crippen LogP contribution in [0, 0.1) is 5.92 Å². The summed E-state index contributed by atoms with van der Waals surface area (Å²) in [7, 11) is 0. The van der Waals surface area contributed by atoms with E-state index in [1.807, 2.05) is 30.9 Å². The molecule has 0 aromatic carbocycles. The molecule has 6 nitrogen and oxygen atoms in total. The summed E-state index contributed by atoms with van der Waals surface area (Å²) in [6, 6.07) is 5.34. The minimum absolute atomic E-state index is 0.0132. The first-order chi connectivity index (χ1) is 13.2. The minimum atomic E-state index is 0.0132. The van der Waals surface area contributed by atoms with E-state index in [1.54, 1.807) is 21.4 Å². The van der Waals surface area contributed by atoms with Crippen LogP contribution in [0.25, 0.3) is 16.9 Å². The third-order valence-corrected chi connectivity index (χ3v) is 5.23. The number of hydrogen-bond acceptors (Lipinski definition) is 4. The van der Waals surface area contributed by atoms with Gasteiger partial charge in [-0.25, -0.2) is 14.6 Å². The molecule has 0 unspecified atom stereocenters. The summed E-state index contributed by atoms with van der Waals surface area (Å²) in [4.78, 5) is 21.0. The maximum absolute atomic E-state index is 11.9. The van der Waals surface area contributed by atoms with Crippen molar-refractivity contribution in [3.05, 3.63) is 59.2 Å². The summed E-state index contributed by atoms with van der Waals surface area (Å²) in [5, 5.41) is 4.64. The summed E-state index contributed by atoms with van der Waals surface area (Å²) < 4.78 is 3.50. The molecule has 0 radical (unpaired) electrons. The Morgan fingerprint density at radius 1 is 1.11 bits per heavy atom. The van der Waals surface area contributed by atoms with Crippen molar-refractivity contribution < 1.29 is 0 Å². The van der Waals surface area contributed by atoms with E-state index in [4.69, 9.17) is 0 Å². The van der Waals surface area contributed by atoms with Crippen molar-refractivity contribution in [2.75, 3.05) is 0 Å². The summed E-state index contributed by atoms with van der Waals surface area (Å²) in [5.74, 6) is 1.67. The highest BCUT2D eigenvalue weighted by molar-refractivity contribution is 5.56. The van der Waals surface area contributed by atoms with Crippen molar-refractivity contribution >= 4 is 0 Å². The number of aromatic nitrogens is 5. The standard InChI is InChI=1S/C21H25N5O/c1-2-10-25-15-18(7-8-21(25)27)26-11-9-19(24-26)17-13-22-20(23-14-17)12-16-5-3-4-6-16/h7-9,11,13-16H,2-6,10,12H2,1H3. The van der Waals surface area contributed by atoms with Gasteiger partial charge in [0.25, 0.3) is 5.56 Å². The van der Waals surface area contributed by atoms with Crippen LogP contribution >= 0.6 is 0 Å². The second kappa shape index (κ2) is 7.86. The van der Waals surface area contributed by atoms with Gasteiger partial charge in [0.05, 0.1) is 11.4 Å².